The molecule has 8 heteroatoms. The van der Waals surface area contributed by atoms with Gasteiger partial charge in [-0.15, -0.1) is 0 Å². The van der Waals surface area contributed by atoms with Gasteiger partial charge in [-0.25, -0.2) is 29.9 Å². The minimum absolute atomic E-state index is 0.160. The lowest BCUT2D eigenvalue weighted by atomic mass is 9.83. The van der Waals surface area contributed by atoms with Gasteiger partial charge in [0.1, 0.15) is 13.1 Å². The van der Waals surface area contributed by atoms with Gasteiger partial charge in [-0.3, -0.25) is 0 Å². The summed E-state index contributed by atoms with van der Waals surface area (Å²) >= 11 is 0. The second kappa shape index (κ2) is 10.0. The maximum absolute atomic E-state index is 10.3. The molecule has 8 nitrogen and oxygen atoms in total. The molecule has 0 aliphatic heterocycles. The molecule has 208 valence electrons. The van der Waals surface area contributed by atoms with E-state index in [1.54, 1.807) is 36.4 Å². The first-order valence-electron chi connectivity index (χ1n) is 13.8. The van der Waals surface area contributed by atoms with E-state index in [2.05, 4.69) is 35.1 Å². The molecular formula is C39H12N8. The Bertz CT molecular complexity index is 2640. The van der Waals surface area contributed by atoms with Crippen molar-refractivity contribution >= 4 is 28.1 Å². The van der Waals surface area contributed by atoms with E-state index < -0.39 is 0 Å². The summed E-state index contributed by atoms with van der Waals surface area (Å²) in [4.78, 5) is 21.6. The van der Waals surface area contributed by atoms with Crippen molar-refractivity contribution in [2.24, 2.45) is 0 Å². The van der Waals surface area contributed by atoms with Crippen LogP contribution in [0.25, 0.3) is 79.2 Å². The largest absolute Gasteiger partial charge is 0.527 e. The van der Waals surface area contributed by atoms with E-state index in [0.717, 1.165) is 5.56 Å². The lowest BCUT2D eigenvalue weighted by Crippen LogP contribution is -1.98. The van der Waals surface area contributed by atoms with E-state index in [4.69, 9.17) is 39.4 Å². The molecule has 3 aliphatic rings. The van der Waals surface area contributed by atoms with Crippen LogP contribution in [0.15, 0.2) is 71.8 Å². The first kappa shape index (κ1) is 27.8. The predicted molar refractivity (Wildman–Crippen MR) is 176 cm³/mol. The number of fused-ring (bicyclic) bond motifs is 12. The van der Waals surface area contributed by atoms with E-state index in [1.165, 1.54) is 0 Å². The van der Waals surface area contributed by atoms with Gasteiger partial charge in [0.25, 0.3) is 11.4 Å². The Morgan fingerprint density at radius 1 is 0.489 bits per heavy atom. The zero-order valence-electron chi connectivity index (χ0n) is 24.3. The Kier molecular flexibility index (Phi) is 5.95. The minimum atomic E-state index is -0.237. The molecule has 0 unspecified atom stereocenters. The predicted octanol–water partition coefficient (Wildman–Crippen LogP) is 10.00. The molecule has 0 atom stereocenters. The number of nitriles is 2. The van der Waals surface area contributed by atoms with Crippen LogP contribution in [0.2, 0.25) is 0 Å². The highest BCUT2D eigenvalue weighted by Crippen LogP contribution is 2.65. The number of hydrogen-bond acceptors (Lipinski definition) is 2. The summed E-state index contributed by atoms with van der Waals surface area (Å²) < 4.78 is 0. The van der Waals surface area contributed by atoms with Crippen molar-refractivity contribution in [3.05, 3.63) is 179 Å². The third-order valence-electron chi connectivity index (χ3n) is 8.65. The molecule has 0 fully saturated rings. The van der Waals surface area contributed by atoms with Crippen LogP contribution in [-0.4, -0.2) is 0 Å². The summed E-state index contributed by atoms with van der Waals surface area (Å²) in [5.41, 5.74) is 8.89. The number of rotatable bonds is 0. The Labute approximate surface area is 269 Å². The molecule has 0 radical (unpaired) electrons. The first-order chi connectivity index (χ1) is 22.9. The number of allylic oxidation sites excluding steroid dienone is 2. The molecular weight excluding hydrogens is 580 g/mol. The van der Waals surface area contributed by atoms with Crippen LogP contribution in [0, 0.1) is 69.0 Å². The van der Waals surface area contributed by atoms with Crippen molar-refractivity contribution in [3.8, 4) is 45.5 Å². The SMILES string of the molecule is [C-]#[N+]C([N+]#[C-])=C1c2cc([N+]#[C-])ccc2-c2c1c1c(c3c2/C(=C(/C#N)[N+]#[C-])c2cc(C)ccc2-3)/C(=C(\C#N)[N+]#[C-])c2cc([N+]#[C-])ccc2-1. The molecule has 3 aliphatic carbocycles. The summed E-state index contributed by atoms with van der Waals surface area (Å²) in [5, 5.41) is 20.6. The fraction of sp³-hybridized carbons (Fsp3) is 0.0256. The average Bonchev–Trinajstić information content (AvgIpc) is 3.72. The molecule has 0 saturated heterocycles. The Morgan fingerprint density at radius 2 is 0.894 bits per heavy atom. The van der Waals surface area contributed by atoms with E-state index in [0.29, 0.717) is 94.9 Å². The van der Waals surface area contributed by atoms with Crippen molar-refractivity contribution in [1.82, 2.24) is 0 Å². The number of hydrogen-bond donors (Lipinski definition) is 0. The Balaban J connectivity index is 1.88. The number of nitrogens with zero attached hydrogens (tertiary/aromatic N) is 8. The summed E-state index contributed by atoms with van der Waals surface area (Å²) in [6, 6.07) is 19.9. The van der Waals surface area contributed by atoms with Crippen LogP contribution in [0.5, 0.6) is 0 Å². The van der Waals surface area contributed by atoms with Crippen LogP contribution < -0.4 is 0 Å². The topological polar surface area (TPSA) is 73.7 Å². The molecule has 4 aromatic carbocycles. The summed E-state index contributed by atoms with van der Waals surface area (Å²) in [5.74, 6) is -0.237. The maximum atomic E-state index is 10.3. The molecule has 0 saturated carbocycles. The van der Waals surface area contributed by atoms with E-state index in [1.807, 2.05) is 31.2 Å². The van der Waals surface area contributed by atoms with Gasteiger partial charge in [0.05, 0.1) is 44.0 Å². The lowest BCUT2D eigenvalue weighted by molar-refractivity contribution is 1.45. The fourth-order valence-electron chi connectivity index (χ4n) is 6.98. The number of benzene rings is 4. The van der Waals surface area contributed by atoms with Crippen LogP contribution in [0.4, 0.5) is 11.4 Å². The third kappa shape index (κ3) is 3.48. The van der Waals surface area contributed by atoms with Crippen molar-refractivity contribution in [2.75, 3.05) is 0 Å². The summed E-state index contributed by atoms with van der Waals surface area (Å²) in [6.45, 7) is 49.3. The van der Waals surface area contributed by atoms with E-state index in [9.17, 15) is 10.5 Å². The summed E-state index contributed by atoms with van der Waals surface area (Å²) in [6.07, 6.45) is 0. The zero-order chi connectivity index (χ0) is 33.1. The van der Waals surface area contributed by atoms with Crippen LogP contribution in [0.3, 0.4) is 0 Å². The number of aryl methyl sites for hydroxylation is 1. The molecule has 4 aromatic rings. The highest BCUT2D eigenvalue weighted by Gasteiger charge is 2.45. The molecule has 47 heavy (non-hydrogen) atoms. The first-order valence-corrected chi connectivity index (χ1v) is 13.8. The van der Waals surface area contributed by atoms with Gasteiger partial charge in [0, 0.05) is 11.1 Å². The third-order valence-corrected chi connectivity index (χ3v) is 8.65. The van der Waals surface area contributed by atoms with Gasteiger partial charge in [-0.05, 0) is 85.8 Å². The fourth-order valence-corrected chi connectivity index (χ4v) is 6.98. The van der Waals surface area contributed by atoms with Crippen molar-refractivity contribution < 1.29 is 0 Å². The van der Waals surface area contributed by atoms with Crippen molar-refractivity contribution in [1.29, 1.82) is 10.5 Å². The molecule has 0 heterocycles. The van der Waals surface area contributed by atoms with Crippen LogP contribution in [0.1, 0.15) is 38.9 Å². The van der Waals surface area contributed by atoms with Gasteiger partial charge in [-0.2, -0.15) is 9.69 Å². The highest BCUT2D eigenvalue weighted by atomic mass is 14.9. The summed E-state index contributed by atoms with van der Waals surface area (Å²) in [7, 11) is 0. The second-order valence-electron chi connectivity index (χ2n) is 10.8. The second-order valence-corrected chi connectivity index (χ2v) is 10.8. The molecule has 0 spiro atoms. The Hall–Kier alpha value is -7.98. The van der Waals surface area contributed by atoms with Gasteiger partial charge < -0.3 is 0 Å². The van der Waals surface area contributed by atoms with Gasteiger partial charge in [0.15, 0.2) is 11.4 Å². The standard InChI is InChI=1S/C39H12N8/c1-19-8-11-22-25(14-19)30(28(17-40)44-4)36-32(22)37-31(29(18-41)45-5)26-15-20(42-2)9-12-23(26)33(37)38-34(36)24-13-10-21(43-3)16-27(24)35(38)39(46-6)47-7/h8-16H,1H3/b30-28-,31-29+. The lowest BCUT2D eigenvalue weighted by Gasteiger charge is -2.18. The molecule has 0 N–H and O–H groups in total. The van der Waals surface area contributed by atoms with Crippen molar-refractivity contribution in [2.45, 2.75) is 6.92 Å². The molecule has 0 bridgehead atoms. The van der Waals surface area contributed by atoms with Crippen molar-refractivity contribution in [3.63, 3.8) is 0 Å². The quantitative estimate of drug-likeness (QED) is 0.130. The van der Waals surface area contributed by atoms with Gasteiger partial charge >= 0.3 is 5.82 Å². The maximum Gasteiger partial charge on any atom is 0.527 e. The van der Waals surface area contributed by atoms with Crippen LogP contribution in [-0.2, 0) is 0 Å². The monoisotopic (exact) mass is 592 g/mol. The molecule has 0 aromatic heterocycles. The van der Waals surface area contributed by atoms with Gasteiger partial charge in [-0.1, -0.05) is 48.0 Å². The Morgan fingerprint density at radius 3 is 1.30 bits per heavy atom. The minimum Gasteiger partial charge on any atom is -0.238 e. The zero-order valence-corrected chi connectivity index (χ0v) is 24.3. The van der Waals surface area contributed by atoms with Crippen LogP contribution >= 0.6 is 0 Å². The van der Waals surface area contributed by atoms with E-state index in [-0.39, 0.29) is 17.2 Å². The van der Waals surface area contributed by atoms with Gasteiger partial charge in [0.2, 0.25) is 0 Å². The van der Waals surface area contributed by atoms with E-state index >= 15 is 0 Å². The average molecular weight is 593 g/mol. The highest BCUT2D eigenvalue weighted by molar-refractivity contribution is 6.24. The molecule has 7 rings (SSSR count). The normalized spacial score (nSPS) is 13.9. The smallest absolute Gasteiger partial charge is 0.238 e. The molecule has 0 amide bonds.